The number of carbonyl (C=O) groups is 2. The molecule has 3 heterocycles. The van der Waals surface area contributed by atoms with E-state index in [2.05, 4.69) is 20.6 Å². The Bertz CT molecular complexity index is 1020. The second-order valence-electron chi connectivity index (χ2n) is 6.55. The van der Waals surface area contributed by atoms with Gasteiger partial charge in [0, 0.05) is 25.2 Å². The average molecular weight is 364 g/mol. The van der Waals surface area contributed by atoms with Gasteiger partial charge in [-0.15, -0.1) is 5.10 Å². The Kier molecular flexibility index (Phi) is 4.31. The summed E-state index contributed by atoms with van der Waals surface area (Å²) in [4.78, 5) is 31.0. The third-order valence-electron chi connectivity index (χ3n) is 5.01. The zero-order valence-electron chi connectivity index (χ0n) is 15.2. The standard InChI is InChI=1S/C19H20N6O2/c1-12-17(19(27)24-11-5-9-16(24)18(26)20-2)22-23-25(12)15-8-3-7-14-13(15)6-4-10-21-14/h3-4,6-8,10,16H,5,9,11H2,1-2H3,(H,20,26)/t16-/m1/s1. The quantitative estimate of drug-likeness (QED) is 0.760. The highest BCUT2D eigenvalue weighted by Crippen LogP contribution is 2.24. The van der Waals surface area contributed by atoms with E-state index in [1.165, 1.54) is 0 Å². The normalized spacial score (nSPS) is 16.7. The molecule has 1 N–H and O–H groups in total. The number of hydrogen-bond acceptors (Lipinski definition) is 5. The summed E-state index contributed by atoms with van der Waals surface area (Å²) in [5, 5.41) is 11.9. The van der Waals surface area contributed by atoms with Gasteiger partial charge in [0.1, 0.15) is 6.04 Å². The van der Waals surface area contributed by atoms with Crippen LogP contribution in [0.25, 0.3) is 16.6 Å². The van der Waals surface area contributed by atoms with Crippen LogP contribution in [0.2, 0.25) is 0 Å². The molecule has 3 aromatic rings. The van der Waals surface area contributed by atoms with Gasteiger partial charge in [0.05, 0.1) is 16.9 Å². The van der Waals surface area contributed by atoms with Crippen LogP contribution in [0.1, 0.15) is 29.0 Å². The molecular weight excluding hydrogens is 344 g/mol. The number of fused-ring (bicyclic) bond motifs is 1. The molecule has 138 valence electrons. The fraction of sp³-hybridized carbons (Fsp3) is 0.316. The molecule has 1 atom stereocenters. The summed E-state index contributed by atoms with van der Waals surface area (Å²) in [5.41, 5.74) is 2.57. The van der Waals surface area contributed by atoms with E-state index in [9.17, 15) is 9.59 Å². The van der Waals surface area contributed by atoms with Gasteiger partial charge in [0.2, 0.25) is 5.91 Å². The smallest absolute Gasteiger partial charge is 0.277 e. The number of benzene rings is 1. The highest BCUT2D eigenvalue weighted by molar-refractivity contribution is 5.97. The van der Waals surface area contributed by atoms with Gasteiger partial charge in [-0.25, -0.2) is 4.68 Å². The van der Waals surface area contributed by atoms with Crippen molar-refractivity contribution in [2.24, 2.45) is 0 Å². The van der Waals surface area contributed by atoms with E-state index < -0.39 is 6.04 Å². The van der Waals surface area contributed by atoms with Crippen molar-refractivity contribution in [3.8, 4) is 5.69 Å². The second-order valence-corrected chi connectivity index (χ2v) is 6.55. The van der Waals surface area contributed by atoms with Crippen LogP contribution in [0.3, 0.4) is 0 Å². The van der Waals surface area contributed by atoms with Crippen LogP contribution in [-0.4, -0.2) is 56.3 Å². The van der Waals surface area contributed by atoms with E-state index in [1.807, 2.05) is 37.3 Å². The maximum atomic E-state index is 13.0. The number of aromatic nitrogens is 4. The van der Waals surface area contributed by atoms with Crippen LogP contribution >= 0.6 is 0 Å². The van der Waals surface area contributed by atoms with E-state index in [-0.39, 0.29) is 17.5 Å². The molecule has 0 unspecified atom stereocenters. The van der Waals surface area contributed by atoms with Crippen LogP contribution in [0.4, 0.5) is 0 Å². The first-order chi connectivity index (χ1) is 13.1. The van der Waals surface area contributed by atoms with Gasteiger partial charge in [-0.3, -0.25) is 14.6 Å². The molecule has 0 spiro atoms. The van der Waals surface area contributed by atoms with Gasteiger partial charge < -0.3 is 10.2 Å². The number of hydrogen-bond donors (Lipinski definition) is 1. The molecule has 1 aliphatic rings. The largest absolute Gasteiger partial charge is 0.357 e. The van der Waals surface area contributed by atoms with Crippen molar-refractivity contribution in [3.63, 3.8) is 0 Å². The molecule has 0 aliphatic carbocycles. The SMILES string of the molecule is CNC(=O)[C@H]1CCCN1C(=O)c1nnn(-c2cccc3ncccc23)c1C. The maximum Gasteiger partial charge on any atom is 0.277 e. The van der Waals surface area contributed by atoms with Gasteiger partial charge in [-0.1, -0.05) is 11.3 Å². The Morgan fingerprint density at radius 1 is 1.22 bits per heavy atom. The zero-order chi connectivity index (χ0) is 19.0. The summed E-state index contributed by atoms with van der Waals surface area (Å²) >= 11 is 0. The first-order valence-electron chi connectivity index (χ1n) is 8.91. The number of likely N-dealkylation sites (tertiary alicyclic amines) is 1. The fourth-order valence-corrected chi connectivity index (χ4v) is 3.61. The Balaban J connectivity index is 1.72. The van der Waals surface area contributed by atoms with Crippen LogP contribution in [0, 0.1) is 6.92 Å². The lowest BCUT2D eigenvalue weighted by molar-refractivity contribution is -0.124. The molecule has 8 nitrogen and oxygen atoms in total. The van der Waals surface area contributed by atoms with Crippen LogP contribution in [-0.2, 0) is 4.79 Å². The molecule has 27 heavy (non-hydrogen) atoms. The Labute approximate surface area is 156 Å². The molecule has 1 aliphatic heterocycles. The van der Waals surface area contributed by atoms with Gasteiger partial charge in [0.25, 0.3) is 5.91 Å². The molecule has 1 saturated heterocycles. The van der Waals surface area contributed by atoms with E-state index in [0.717, 1.165) is 23.0 Å². The molecule has 1 fully saturated rings. The fourth-order valence-electron chi connectivity index (χ4n) is 3.61. The van der Waals surface area contributed by atoms with Crippen molar-refractivity contribution >= 4 is 22.7 Å². The summed E-state index contributed by atoms with van der Waals surface area (Å²) in [5.74, 6) is -0.408. The Hall–Kier alpha value is -3.29. The molecule has 0 bridgehead atoms. The first-order valence-corrected chi connectivity index (χ1v) is 8.91. The van der Waals surface area contributed by atoms with Crippen molar-refractivity contribution < 1.29 is 9.59 Å². The number of amides is 2. The molecular formula is C19H20N6O2. The lowest BCUT2D eigenvalue weighted by atomic mass is 10.1. The number of nitrogens with one attached hydrogen (secondary N) is 1. The van der Waals surface area contributed by atoms with Gasteiger partial charge in [0.15, 0.2) is 5.69 Å². The summed E-state index contributed by atoms with van der Waals surface area (Å²) in [6.07, 6.45) is 3.20. The van der Waals surface area contributed by atoms with Gasteiger partial charge >= 0.3 is 0 Å². The minimum Gasteiger partial charge on any atom is -0.357 e. The van der Waals surface area contributed by atoms with Crippen molar-refractivity contribution in [1.29, 1.82) is 0 Å². The highest BCUT2D eigenvalue weighted by Gasteiger charge is 2.36. The monoisotopic (exact) mass is 364 g/mol. The van der Waals surface area contributed by atoms with Crippen molar-refractivity contribution in [2.75, 3.05) is 13.6 Å². The molecule has 0 saturated carbocycles. The number of pyridine rings is 1. The second kappa shape index (κ2) is 6.79. The van der Waals surface area contributed by atoms with Crippen LogP contribution in [0.15, 0.2) is 36.5 Å². The number of likely N-dealkylation sites (N-methyl/N-ethyl adjacent to an activating group) is 1. The van der Waals surface area contributed by atoms with E-state index in [0.29, 0.717) is 18.7 Å². The van der Waals surface area contributed by atoms with Gasteiger partial charge in [-0.05, 0) is 44.0 Å². The van der Waals surface area contributed by atoms with Crippen molar-refractivity contribution in [1.82, 2.24) is 30.2 Å². The minimum atomic E-state index is -0.450. The van der Waals surface area contributed by atoms with Crippen LogP contribution in [0.5, 0.6) is 0 Å². The topological polar surface area (TPSA) is 93.0 Å². The minimum absolute atomic E-state index is 0.147. The summed E-state index contributed by atoms with van der Waals surface area (Å²) in [7, 11) is 1.58. The maximum absolute atomic E-state index is 13.0. The zero-order valence-corrected chi connectivity index (χ0v) is 15.2. The van der Waals surface area contributed by atoms with E-state index >= 15 is 0 Å². The Morgan fingerprint density at radius 2 is 2.07 bits per heavy atom. The molecule has 4 rings (SSSR count). The number of nitrogens with zero attached hydrogens (tertiary/aromatic N) is 5. The van der Waals surface area contributed by atoms with Gasteiger partial charge in [-0.2, -0.15) is 0 Å². The molecule has 0 radical (unpaired) electrons. The van der Waals surface area contributed by atoms with E-state index in [1.54, 1.807) is 22.8 Å². The molecule has 2 aromatic heterocycles. The van der Waals surface area contributed by atoms with Crippen molar-refractivity contribution in [3.05, 3.63) is 47.9 Å². The highest BCUT2D eigenvalue weighted by atomic mass is 16.2. The Morgan fingerprint density at radius 3 is 2.89 bits per heavy atom. The molecule has 8 heteroatoms. The lowest BCUT2D eigenvalue weighted by Crippen LogP contribution is -2.45. The third-order valence-corrected chi connectivity index (χ3v) is 5.01. The lowest BCUT2D eigenvalue weighted by Gasteiger charge is -2.22. The average Bonchev–Trinajstić information content (AvgIpc) is 3.33. The predicted octanol–water partition coefficient (Wildman–Crippen LogP) is 1.47. The summed E-state index contributed by atoms with van der Waals surface area (Å²) < 4.78 is 1.65. The molecule has 2 amide bonds. The number of carbonyl (C=O) groups excluding carboxylic acids is 2. The third kappa shape index (κ3) is 2.83. The van der Waals surface area contributed by atoms with Crippen molar-refractivity contribution in [2.45, 2.75) is 25.8 Å². The predicted molar refractivity (Wildman–Crippen MR) is 99.5 cm³/mol. The first kappa shape index (κ1) is 17.1. The summed E-state index contributed by atoms with van der Waals surface area (Å²) in [6, 6.07) is 9.12. The summed E-state index contributed by atoms with van der Waals surface area (Å²) in [6.45, 7) is 2.36. The van der Waals surface area contributed by atoms with Crippen LogP contribution < -0.4 is 5.32 Å². The van der Waals surface area contributed by atoms with E-state index in [4.69, 9.17) is 0 Å². The molecule has 1 aromatic carbocycles. The number of rotatable bonds is 3.